The van der Waals surface area contributed by atoms with Crippen LogP contribution < -0.4 is 4.74 Å². The van der Waals surface area contributed by atoms with Crippen molar-refractivity contribution in [2.24, 2.45) is 10.4 Å². The lowest BCUT2D eigenvalue weighted by Crippen LogP contribution is -2.27. The number of hydrogen-bond donors (Lipinski definition) is 2. The minimum Gasteiger partial charge on any atom is -0.597 e. The van der Waals surface area contributed by atoms with Gasteiger partial charge in [-0.1, -0.05) is 28.2 Å². The van der Waals surface area contributed by atoms with Crippen molar-refractivity contribution in [1.82, 2.24) is 0 Å². The molecule has 0 saturated carbocycles. The number of hydrogen-bond acceptors (Lipinski definition) is 7. The predicted octanol–water partition coefficient (Wildman–Crippen LogP) is 1.17. The van der Waals surface area contributed by atoms with Gasteiger partial charge in [-0.05, 0) is 19.1 Å². The highest BCUT2D eigenvalue weighted by Gasteiger charge is 2.11. The highest BCUT2D eigenvalue weighted by molar-refractivity contribution is 5.82. The number of nitrogens with zero attached hydrogens (tertiary/aromatic N) is 3. The average Bonchev–Trinajstić information content (AvgIpc) is 2.46. The molecule has 0 aliphatic heterocycles. The lowest BCUT2D eigenvalue weighted by atomic mass is 10.3. The Morgan fingerprint density at radius 1 is 1.40 bits per heavy atom. The molecule has 110 valence electrons. The van der Waals surface area contributed by atoms with E-state index in [4.69, 9.17) is 9.94 Å². The van der Waals surface area contributed by atoms with Gasteiger partial charge in [-0.15, -0.1) is 0 Å². The van der Waals surface area contributed by atoms with Crippen LogP contribution in [0.3, 0.4) is 0 Å². The van der Waals surface area contributed by atoms with Crippen LogP contribution in [0.15, 0.2) is 40.8 Å². The van der Waals surface area contributed by atoms with Crippen LogP contribution in [0, 0.1) is 5.21 Å². The molecule has 0 heterocycles. The second-order valence-corrected chi connectivity index (χ2v) is 4.00. The first kappa shape index (κ1) is 15.7. The zero-order valence-electron chi connectivity index (χ0n) is 11.0. The fraction of sp³-hybridized carbons (Fsp3) is 0.417. The number of oxime groups is 1. The van der Waals surface area contributed by atoms with Gasteiger partial charge >= 0.3 is 0 Å². The molecule has 0 spiro atoms. The predicted molar refractivity (Wildman–Crippen MR) is 69.7 cm³/mol. The van der Waals surface area contributed by atoms with Crippen molar-refractivity contribution in [2.45, 2.75) is 13.0 Å². The zero-order valence-corrected chi connectivity index (χ0v) is 11.0. The van der Waals surface area contributed by atoms with Gasteiger partial charge in [0.15, 0.2) is 18.0 Å². The van der Waals surface area contributed by atoms with E-state index in [1.54, 1.807) is 24.3 Å². The summed E-state index contributed by atoms with van der Waals surface area (Å²) >= 11 is 0. The van der Waals surface area contributed by atoms with Crippen molar-refractivity contribution in [3.05, 3.63) is 35.5 Å². The molecule has 8 heteroatoms. The molecule has 0 amide bonds. The van der Waals surface area contributed by atoms with E-state index in [0.717, 1.165) is 0 Å². The Morgan fingerprint density at radius 3 is 2.75 bits per heavy atom. The topological polar surface area (TPSA) is 110 Å². The van der Waals surface area contributed by atoms with Crippen LogP contribution in [0.1, 0.15) is 6.92 Å². The summed E-state index contributed by atoms with van der Waals surface area (Å²) in [6, 6.07) is 8.93. The number of aliphatic hydroxyl groups is 1. The Kier molecular flexibility index (Phi) is 6.83. The van der Waals surface area contributed by atoms with E-state index >= 15 is 0 Å². The summed E-state index contributed by atoms with van der Waals surface area (Å²) in [6.45, 7) is 1.08. The molecule has 0 radical (unpaired) electrons. The van der Waals surface area contributed by atoms with E-state index < -0.39 is 6.10 Å². The summed E-state index contributed by atoms with van der Waals surface area (Å²) in [4.78, 5) is 4.81. The molecule has 0 fully saturated rings. The van der Waals surface area contributed by atoms with Crippen molar-refractivity contribution >= 4 is 5.71 Å². The Morgan fingerprint density at radius 2 is 2.10 bits per heavy atom. The van der Waals surface area contributed by atoms with Crippen LogP contribution in [-0.2, 0) is 4.84 Å². The normalized spacial score (nSPS) is 13.9. The molecule has 0 bridgehead atoms. The van der Waals surface area contributed by atoms with Gasteiger partial charge in [-0.25, -0.2) is 0 Å². The van der Waals surface area contributed by atoms with E-state index in [1.807, 2.05) is 6.07 Å². The number of aliphatic hydroxyl groups excluding tert-OH is 1. The molecule has 8 nitrogen and oxygen atoms in total. The molecule has 2 N–H and O–H groups in total. The number of hydroxylamine groups is 1. The average molecular weight is 283 g/mol. The molecule has 0 saturated heterocycles. The lowest BCUT2D eigenvalue weighted by Gasteiger charge is -2.10. The van der Waals surface area contributed by atoms with Gasteiger partial charge in [0.1, 0.15) is 12.4 Å². The van der Waals surface area contributed by atoms with Gasteiger partial charge in [-0.2, -0.15) is 0 Å². The fourth-order valence-corrected chi connectivity index (χ4v) is 1.19. The molecule has 1 aromatic carbocycles. The quantitative estimate of drug-likeness (QED) is 0.245. The Balaban J connectivity index is 2.27. The fourth-order valence-electron chi connectivity index (χ4n) is 1.19. The van der Waals surface area contributed by atoms with Gasteiger partial charge in [0.05, 0.1) is 5.71 Å². The Labute approximate surface area is 116 Å². The maximum absolute atomic E-state index is 11.2. The molecule has 0 aromatic heterocycles. The van der Waals surface area contributed by atoms with Crippen LogP contribution in [0.4, 0.5) is 0 Å². The third kappa shape index (κ3) is 6.55. The maximum atomic E-state index is 11.2. The first-order valence-electron chi connectivity index (χ1n) is 5.93. The summed E-state index contributed by atoms with van der Waals surface area (Å²) in [7, 11) is 0. The molecule has 0 aliphatic carbocycles. The van der Waals surface area contributed by atoms with Crippen molar-refractivity contribution in [1.29, 1.82) is 0 Å². The van der Waals surface area contributed by atoms with Crippen molar-refractivity contribution in [3.8, 4) is 5.75 Å². The SMILES string of the molecule is C/C(CO/N=[N+](\[O-])CC(O)COc1ccccc1)=N\O. The lowest BCUT2D eigenvalue weighted by molar-refractivity contribution is -0.565. The second-order valence-electron chi connectivity index (χ2n) is 4.00. The van der Waals surface area contributed by atoms with E-state index in [2.05, 4.69) is 15.3 Å². The molecule has 20 heavy (non-hydrogen) atoms. The van der Waals surface area contributed by atoms with E-state index in [-0.39, 0.29) is 30.3 Å². The van der Waals surface area contributed by atoms with Crippen molar-refractivity contribution in [3.63, 3.8) is 0 Å². The Bertz CT molecular complexity index is 450. The van der Waals surface area contributed by atoms with E-state index in [9.17, 15) is 10.3 Å². The first-order chi connectivity index (χ1) is 9.61. The summed E-state index contributed by atoms with van der Waals surface area (Å²) < 4.78 is 5.28. The molecule has 1 atom stereocenters. The second kappa shape index (κ2) is 8.70. The molecule has 1 unspecified atom stereocenters. The molecule has 1 rings (SSSR count). The Hall–Kier alpha value is -2.35. The zero-order chi connectivity index (χ0) is 14.8. The maximum Gasteiger partial charge on any atom is 0.213 e. The van der Waals surface area contributed by atoms with Gasteiger partial charge in [0.2, 0.25) is 6.54 Å². The molecular formula is C12H17N3O5. The van der Waals surface area contributed by atoms with Crippen LogP contribution in [0.2, 0.25) is 0 Å². The van der Waals surface area contributed by atoms with Gasteiger partial charge in [0, 0.05) is 0 Å². The highest BCUT2D eigenvalue weighted by atomic mass is 16.7. The van der Waals surface area contributed by atoms with Crippen LogP contribution in [-0.4, -0.2) is 46.7 Å². The first-order valence-corrected chi connectivity index (χ1v) is 5.93. The number of benzene rings is 1. The smallest absolute Gasteiger partial charge is 0.213 e. The summed E-state index contributed by atoms with van der Waals surface area (Å²) in [6.07, 6.45) is -1.01. The van der Waals surface area contributed by atoms with Crippen LogP contribution in [0.25, 0.3) is 0 Å². The monoisotopic (exact) mass is 283 g/mol. The van der Waals surface area contributed by atoms with Crippen LogP contribution >= 0.6 is 0 Å². The minimum absolute atomic E-state index is 0.0323. The standard InChI is InChI=1S/C12H17N3O5/c1-10(13-17)8-20-14-15(18)7-11(16)9-19-12-5-3-2-4-6-12/h2-6,11,16-17H,7-9H2,1H3/b13-10+,15-14-. The molecule has 1 aromatic rings. The van der Waals surface area contributed by atoms with E-state index in [1.165, 1.54) is 6.92 Å². The summed E-state index contributed by atoms with van der Waals surface area (Å²) in [5, 5.41) is 35.2. The number of rotatable bonds is 8. The van der Waals surface area contributed by atoms with E-state index in [0.29, 0.717) is 5.75 Å². The van der Waals surface area contributed by atoms with Gasteiger partial charge < -0.3 is 25.1 Å². The van der Waals surface area contributed by atoms with Crippen LogP contribution in [0.5, 0.6) is 5.75 Å². The van der Waals surface area contributed by atoms with Crippen molar-refractivity contribution in [2.75, 3.05) is 19.8 Å². The minimum atomic E-state index is -1.01. The molecule has 0 aliphatic rings. The third-order valence-electron chi connectivity index (χ3n) is 2.15. The third-order valence-corrected chi connectivity index (χ3v) is 2.15. The summed E-state index contributed by atoms with van der Waals surface area (Å²) in [5.74, 6) is 0.604. The van der Waals surface area contributed by atoms with Gasteiger partial charge in [-0.3, -0.25) is 0 Å². The number of para-hydroxylation sites is 1. The number of ether oxygens (including phenoxy) is 1. The van der Waals surface area contributed by atoms with Gasteiger partial charge in [0.25, 0.3) is 0 Å². The molecular weight excluding hydrogens is 266 g/mol. The summed E-state index contributed by atoms with van der Waals surface area (Å²) in [5.41, 5.74) is 0.273. The van der Waals surface area contributed by atoms with Crippen molar-refractivity contribution < 1.29 is 24.7 Å². The largest absolute Gasteiger partial charge is 0.597 e. The highest BCUT2D eigenvalue weighted by Crippen LogP contribution is 2.08.